The van der Waals surface area contributed by atoms with Crippen molar-refractivity contribution in [2.24, 2.45) is 0 Å². The summed E-state index contributed by atoms with van der Waals surface area (Å²) in [6.07, 6.45) is -1.51. The summed E-state index contributed by atoms with van der Waals surface area (Å²) in [6.45, 7) is 8.59. The fourth-order valence-electron chi connectivity index (χ4n) is 2.00. The largest absolute Gasteiger partial charge is 0.444 e. The zero-order chi connectivity index (χ0) is 14.8. The Kier molecular flexibility index (Phi) is 4.58. The predicted molar refractivity (Wildman–Crippen MR) is 68.7 cm³/mol. The number of carbonyl (C=O) groups is 2. The summed E-state index contributed by atoms with van der Waals surface area (Å²) in [7, 11) is 1.50. The Bertz CT molecular complexity index is 363. The van der Waals surface area contributed by atoms with E-state index in [0.29, 0.717) is 0 Å². The smallest absolute Gasteiger partial charge is 0.408 e. The molecule has 1 fully saturated rings. The molecule has 0 spiro atoms. The van der Waals surface area contributed by atoms with Gasteiger partial charge in [-0.2, -0.15) is 0 Å². The fraction of sp³-hybridized carbons (Fsp3) is 0.846. The Morgan fingerprint density at radius 1 is 1.47 bits per heavy atom. The van der Waals surface area contributed by atoms with Gasteiger partial charge in [0.15, 0.2) is 12.1 Å². The zero-order valence-corrected chi connectivity index (χ0v) is 12.4. The van der Waals surface area contributed by atoms with E-state index in [1.807, 2.05) is 0 Å². The number of nitrogens with one attached hydrogen (secondary N) is 1. The summed E-state index contributed by atoms with van der Waals surface area (Å²) in [5.74, 6) is -0.188. The van der Waals surface area contributed by atoms with Gasteiger partial charge in [0.1, 0.15) is 17.2 Å². The molecule has 3 atom stereocenters. The van der Waals surface area contributed by atoms with Gasteiger partial charge in [0.25, 0.3) is 0 Å². The van der Waals surface area contributed by atoms with Crippen molar-refractivity contribution in [1.82, 2.24) is 5.32 Å². The topological polar surface area (TPSA) is 73.9 Å². The SMILES string of the molecule is CO[C@@H]1C[C@](C)(NC(=O)OC(C)(C)C)C(=O)[C@@H](C)O1. The monoisotopic (exact) mass is 273 g/mol. The molecule has 19 heavy (non-hydrogen) atoms. The predicted octanol–water partition coefficient (Wildman–Crippen LogP) is 1.62. The minimum Gasteiger partial charge on any atom is -0.444 e. The van der Waals surface area contributed by atoms with Crippen LogP contribution in [0.4, 0.5) is 4.79 Å². The van der Waals surface area contributed by atoms with Gasteiger partial charge in [-0.3, -0.25) is 4.79 Å². The molecule has 1 aliphatic rings. The van der Waals surface area contributed by atoms with Gasteiger partial charge in [0.05, 0.1) is 0 Å². The number of ether oxygens (including phenoxy) is 3. The van der Waals surface area contributed by atoms with Crippen LogP contribution in [0.5, 0.6) is 0 Å². The van der Waals surface area contributed by atoms with Crippen molar-refractivity contribution in [2.45, 2.75) is 64.6 Å². The molecule has 0 unspecified atom stereocenters. The number of hydrogen-bond acceptors (Lipinski definition) is 5. The Morgan fingerprint density at radius 2 is 2.05 bits per heavy atom. The van der Waals surface area contributed by atoms with Crippen LogP contribution in [0.25, 0.3) is 0 Å². The molecule has 6 nitrogen and oxygen atoms in total. The molecule has 0 bridgehead atoms. The maximum atomic E-state index is 12.2. The van der Waals surface area contributed by atoms with Crippen LogP contribution in [-0.2, 0) is 19.0 Å². The van der Waals surface area contributed by atoms with E-state index in [2.05, 4.69) is 5.32 Å². The average molecular weight is 273 g/mol. The third-order valence-corrected chi connectivity index (χ3v) is 2.88. The number of methoxy groups -OCH3 is 1. The number of Topliss-reactive ketones (excluding diaryl/α,β-unsaturated/α-hetero) is 1. The molecule has 1 N–H and O–H groups in total. The van der Waals surface area contributed by atoms with Crippen LogP contribution in [0.15, 0.2) is 0 Å². The van der Waals surface area contributed by atoms with E-state index in [1.54, 1.807) is 34.6 Å². The molecule has 1 saturated heterocycles. The molecule has 6 heteroatoms. The minimum absolute atomic E-state index is 0.188. The molecule has 1 amide bonds. The molecule has 0 saturated carbocycles. The van der Waals surface area contributed by atoms with Gasteiger partial charge in [0, 0.05) is 13.5 Å². The molecule has 0 aromatic heterocycles. The van der Waals surface area contributed by atoms with Crippen molar-refractivity contribution in [3.8, 4) is 0 Å². The van der Waals surface area contributed by atoms with Gasteiger partial charge in [0.2, 0.25) is 0 Å². The third-order valence-electron chi connectivity index (χ3n) is 2.88. The number of carbonyl (C=O) groups excluding carboxylic acids is 2. The van der Waals surface area contributed by atoms with Crippen molar-refractivity contribution in [3.05, 3.63) is 0 Å². The van der Waals surface area contributed by atoms with Crippen LogP contribution < -0.4 is 5.32 Å². The van der Waals surface area contributed by atoms with Crippen LogP contribution in [-0.4, -0.2) is 42.5 Å². The molecule has 1 aliphatic heterocycles. The highest BCUT2D eigenvalue weighted by Gasteiger charge is 2.46. The van der Waals surface area contributed by atoms with Crippen molar-refractivity contribution >= 4 is 11.9 Å². The number of hydrogen-bond donors (Lipinski definition) is 1. The van der Waals surface area contributed by atoms with E-state index in [9.17, 15) is 9.59 Å². The van der Waals surface area contributed by atoms with Gasteiger partial charge in [-0.15, -0.1) is 0 Å². The summed E-state index contributed by atoms with van der Waals surface area (Å²) in [5, 5.41) is 2.63. The van der Waals surface area contributed by atoms with Crippen LogP contribution >= 0.6 is 0 Å². The van der Waals surface area contributed by atoms with Gasteiger partial charge < -0.3 is 19.5 Å². The van der Waals surface area contributed by atoms with E-state index < -0.39 is 29.6 Å². The Hall–Kier alpha value is -1.14. The Morgan fingerprint density at radius 3 is 2.53 bits per heavy atom. The lowest BCUT2D eigenvalue weighted by Gasteiger charge is -2.39. The van der Waals surface area contributed by atoms with E-state index in [0.717, 1.165) is 0 Å². The first-order valence-corrected chi connectivity index (χ1v) is 6.31. The van der Waals surface area contributed by atoms with Crippen molar-refractivity contribution in [3.63, 3.8) is 0 Å². The quantitative estimate of drug-likeness (QED) is 0.827. The van der Waals surface area contributed by atoms with Gasteiger partial charge in [-0.05, 0) is 34.6 Å². The summed E-state index contributed by atoms with van der Waals surface area (Å²) in [5.41, 5.74) is -1.65. The second kappa shape index (κ2) is 5.46. The Labute approximate surface area is 113 Å². The molecule has 110 valence electrons. The van der Waals surface area contributed by atoms with Crippen molar-refractivity contribution in [2.75, 3.05) is 7.11 Å². The lowest BCUT2D eigenvalue weighted by Crippen LogP contribution is -2.61. The van der Waals surface area contributed by atoms with E-state index in [4.69, 9.17) is 14.2 Å². The first-order valence-electron chi connectivity index (χ1n) is 6.31. The molecule has 0 aromatic rings. The van der Waals surface area contributed by atoms with E-state index >= 15 is 0 Å². The maximum Gasteiger partial charge on any atom is 0.408 e. The van der Waals surface area contributed by atoms with Crippen LogP contribution in [0.1, 0.15) is 41.0 Å². The van der Waals surface area contributed by atoms with Crippen molar-refractivity contribution in [1.29, 1.82) is 0 Å². The highest BCUT2D eigenvalue weighted by atomic mass is 16.7. The standard InChI is InChI=1S/C13H23NO5/c1-8-10(15)13(5,7-9(17-6)18-8)14-11(16)19-12(2,3)4/h8-9H,7H2,1-6H3,(H,14,16)/t8-,9+,13+/m1/s1. The molecule has 0 radical (unpaired) electrons. The normalized spacial score (nSPS) is 32.0. The summed E-state index contributed by atoms with van der Waals surface area (Å²) < 4.78 is 15.7. The van der Waals surface area contributed by atoms with Crippen LogP contribution in [0, 0.1) is 0 Å². The van der Waals surface area contributed by atoms with Crippen LogP contribution in [0.2, 0.25) is 0 Å². The second-order valence-corrected chi connectivity index (χ2v) is 5.97. The van der Waals surface area contributed by atoms with Gasteiger partial charge >= 0.3 is 6.09 Å². The number of rotatable bonds is 2. The lowest BCUT2D eigenvalue weighted by molar-refractivity contribution is -0.195. The average Bonchev–Trinajstić information content (AvgIpc) is 2.22. The first kappa shape index (κ1) is 15.9. The molecule has 1 rings (SSSR count). The van der Waals surface area contributed by atoms with Crippen LogP contribution in [0.3, 0.4) is 0 Å². The van der Waals surface area contributed by atoms with E-state index in [-0.39, 0.29) is 12.2 Å². The van der Waals surface area contributed by atoms with E-state index in [1.165, 1.54) is 7.11 Å². The van der Waals surface area contributed by atoms with Gasteiger partial charge in [-0.25, -0.2) is 4.79 Å². The minimum atomic E-state index is -1.04. The number of amides is 1. The van der Waals surface area contributed by atoms with Gasteiger partial charge in [-0.1, -0.05) is 0 Å². The third kappa shape index (κ3) is 4.18. The zero-order valence-electron chi connectivity index (χ0n) is 12.4. The summed E-state index contributed by atoms with van der Waals surface area (Å²) in [4.78, 5) is 24.0. The lowest BCUT2D eigenvalue weighted by atomic mass is 9.87. The highest BCUT2D eigenvalue weighted by molar-refractivity contribution is 5.94. The number of alkyl carbamates (subject to hydrolysis) is 1. The first-order chi connectivity index (χ1) is 8.57. The number of ketones is 1. The van der Waals surface area contributed by atoms with Crippen molar-refractivity contribution < 1.29 is 23.8 Å². The molecule has 0 aromatic carbocycles. The molecular weight excluding hydrogens is 250 g/mol. The molecule has 0 aliphatic carbocycles. The fourth-order valence-corrected chi connectivity index (χ4v) is 2.00. The molecular formula is C13H23NO5. The highest BCUT2D eigenvalue weighted by Crippen LogP contribution is 2.26. The Balaban J connectivity index is 2.77. The summed E-state index contributed by atoms with van der Waals surface area (Å²) >= 11 is 0. The molecule has 1 heterocycles. The maximum absolute atomic E-state index is 12.2. The second-order valence-electron chi connectivity index (χ2n) is 5.97. The summed E-state index contributed by atoms with van der Waals surface area (Å²) in [6, 6.07) is 0.